The zero-order valence-corrected chi connectivity index (χ0v) is 11.2. The number of rotatable bonds is 8. The van der Waals surface area contributed by atoms with Crippen LogP contribution in [-0.4, -0.2) is 9.97 Å². The summed E-state index contributed by atoms with van der Waals surface area (Å²) in [6.07, 6.45) is 12.4. The van der Waals surface area contributed by atoms with Gasteiger partial charge in [-0.25, -0.2) is 0 Å². The first-order chi connectivity index (χ1) is 8.24. The molecule has 0 amide bonds. The van der Waals surface area contributed by atoms with Crippen molar-refractivity contribution in [3.8, 4) is 0 Å². The molecule has 3 heteroatoms. The third-order valence-corrected chi connectivity index (χ3v) is 3.05. The second-order valence-corrected chi connectivity index (χ2v) is 4.75. The van der Waals surface area contributed by atoms with Crippen molar-refractivity contribution in [1.29, 1.82) is 0 Å². The largest absolute Gasteiger partial charge is 0.323 e. The van der Waals surface area contributed by atoms with Crippen LogP contribution >= 0.6 is 0 Å². The molecule has 0 aromatic carbocycles. The molecule has 1 heterocycles. The van der Waals surface area contributed by atoms with E-state index in [2.05, 4.69) is 16.9 Å². The van der Waals surface area contributed by atoms with Crippen molar-refractivity contribution in [2.24, 2.45) is 5.73 Å². The lowest BCUT2D eigenvalue weighted by molar-refractivity contribution is 0.539. The summed E-state index contributed by atoms with van der Waals surface area (Å²) in [5.41, 5.74) is 7.95. The lowest BCUT2D eigenvalue weighted by Crippen LogP contribution is -2.12. The Hall–Kier alpha value is -0.960. The zero-order valence-electron chi connectivity index (χ0n) is 11.2. The molecule has 96 valence electrons. The Morgan fingerprint density at radius 1 is 1.06 bits per heavy atom. The van der Waals surface area contributed by atoms with E-state index >= 15 is 0 Å². The maximum atomic E-state index is 6.08. The SMILES string of the molecule is CCCCCCCCC(N)c1cnc(C)cn1. The molecule has 3 nitrogen and oxygen atoms in total. The highest BCUT2D eigenvalue weighted by Gasteiger charge is 2.07. The maximum absolute atomic E-state index is 6.08. The fraction of sp³-hybridized carbons (Fsp3) is 0.714. The lowest BCUT2D eigenvalue weighted by atomic mass is 10.0. The van der Waals surface area contributed by atoms with E-state index in [4.69, 9.17) is 5.73 Å². The highest BCUT2D eigenvalue weighted by atomic mass is 14.8. The molecule has 0 bridgehead atoms. The lowest BCUT2D eigenvalue weighted by Gasteiger charge is -2.10. The molecular weight excluding hydrogens is 210 g/mol. The van der Waals surface area contributed by atoms with Gasteiger partial charge in [0, 0.05) is 12.2 Å². The van der Waals surface area contributed by atoms with Crippen LogP contribution in [0.1, 0.15) is 69.3 Å². The standard InChI is InChI=1S/C14H25N3/c1-3-4-5-6-7-8-9-13(15)14-11-16-12(2)10-17-14/h10-11,13H,3-9,15H2,1-2H3. The molecule has 1 aromatic heterocycles. The number of aromatic nitrogens is 2. The predicted molar refractivity (Wildman–Crippen MR) is 71.7 cm³/mol. The average molecular weight is 235 g/mol. The molecule has 0 aliphatic heterocycles. The predicted octanol–water partition coefficient (Wildman–Crippen LogP) is 3.54. The molecule has 2 N–H and O–H groups in total. The van der Waals surface area contributed by atoms with Gasteiger partial charge in [0.05, 0.1) is 17.6 Å². The first kappa shape index (κ1) is 14.1. The van der Waals surface area contributed by atoms with Crippen molar-refractivity contribution in [3.05, 3.63) is 23.8 Å². The van der Waals surface area contributed by atoms with Crippen molar-refractivity contribution in [2.75, 3.05) is 0 Å². The van der Waals surface area contributed by atoms with Crippen LogP contribution in [0, 0.1) is 6.92 Å². The van der Waals surface area contributed by atoms with Crippen LogP contribution in [0.5, 0.6) is 0 Å². The van der Waals surface area contributed by atoms with Gasteiger partial charge in [0.1, 0.15) is 0 Å². The highest BCUT2D eigenvalue weighted by Crippen LogP contribution is 2.15. The average Bonchev–Trinajstić information content (AvgIpc) is 2.34. The van der Waals surface area contributed by atoms with Gasteiger partial charge in [-0.3, -0.25) is 9.97 Å². The molecule has 1 atom stereocenters. The van der Waals surface area contributed by atoms with Gasteiger partial charge in [0.15, 0.2) is 0 Å². The van der Waals surface area contributed by atoms with E-state index in [1.807, 2.05) is 6.92 Å². The summed E-state index contributed by atoms with van der Waals surface area (Å²) in [5, 5.41) is 0. The van der Waals surface area contributed by atoms with E-state index in [0.717, 1.165) is 17.8 Å². The first-order valence-corrected chi connectivity index (χ1v) is 6.78. The van der Waals surface area contributed by atoms with E-state index in [9.17, 15) is 0 Å². The minimum atomic E-state index is 0.0503. The topological polar surface area (TPSA) is 51.8 Å². The number of aryl methyl sites for hydroxylation is 1. The van der Waals surface area contributed by atoms with E-state index in [0.29, 0.717) is 0 Å². The Kier molecular flexibility index (Phi) is 6.78. The second-order valence-electron chi connectivity index (χ2n) is 4.75. The quantitative estimate of drug-likeness (QED) is 0.701. The summed E-state index contributed by atoms with van der Waals surface area (Å²) < 4.78 is 0. The van der Waals surface area contributed by atoms with E-state index in [1.54, 1.807) is 12.4 Å². The van der Waals surface area contributed by atoms with Gasteiger partial charge in [0.25, 0.3) is 0 Å². The number of unbranched alkanes of at least 4 members (excludes halogenated alkanes) is 5. The Morgan fingerprint density at radius 3 is 2.41 bits per heavy atom. The van der Waals surface area contributed by atoms with E-state index in [-0.39, 0.29) is 6.04 Å². The fourth-order valence-electron chi connectivity index (χ4n) is 1.89. The summed E-state index contributed by atoms with van der Waals surface area (Å²) >= 11 is 0. The molecule has 0 spiro atoms. The van der Waals surface area contributed by atoms with Gasteiger partial charge in [-0.2, -0.15) is 0 Å². The first-order valence-electron chi connectivity index (χ1n) is 6.78. The summed E-state index contributed by atoms with van der Waals surface area (Å²) in [5.74, 6) is 0. The molecule has 1 rings (SSSR count). The van der Waals surface area contributed by atoms with Gasteiger partial charge in [-0.05, 0) is 13.3 Å². The minimum Gasteiger partial charge on any atom is -0.323 e. The molecule has 1 aromatic rings. The Morgan fingerprint density at radius 2 is 1.76 bits per heavy atom. The molecule has 0 fully saturated rings. The minimum absolute atomic E-state index is 0.0503. The normalized spacial score (nSPS) is 12.6. The molecule has 0 saturated carbocycles. The van der Waals surface area contributed by atoms with Gasteiger partial charge in [0.2, 0.25) is 0 Å². The van der Waals surface area contributed by atoms with Crippen molar-refractivity contribution >= 4 is 0 Å². The third kappa shape index (κ3) is 5.78. The number of hydrogen-bond acceptors (Lipinski definition) is 3. The Labute approximate surface area is 105 Å². The molecule has 0 aliphatic carbocycles. The fourth-order valence-corrected chi connectivity index (χ4v) is 1.89. The molecular formula is C14H25N3. The van der Waals surface area contributed by atoms with Crippen molar-refractivity contribution < 1.29 is 0 Å². The van der Waals surface area contributed by atoms with Crippen molar-refractivity contribution in [3.63, 3.8) is 0 Å². The molecule has 0 saturated heterocycles. The molecule has 0 radical (unpaired) electrons. The number of hydrogen-bond donors (Lipinski definition) is 1. The molecule has 0 aliphatic rings. The van der Waals surface area contributed by atoms with Crippen LogP contribution in [0.15, 0.2) is 12.4 Å². The number of nitrogens with zero attached hydrogens (tertiary/aromatic N) is 2. The second kappa shape index (κ2) is 8.18. The zero-order chi connectivity index (χ0) is 12.5. The Bertz CT molecular complexity index is 295. The van der Waals surface area contributed by atoms with Crippen LogP contribution in [0.3, 0.4) is 0 Å². The van der Waals surface area contributed by atoms with Gasteiger partial charge in [-0.15, -0.1) is 0 Å². The van der Waals surface area contributed by atoms with Crippen LogP contribution in [0.4, 0.5) is 0 Å². The smallest absolute Gasteiger partial charge is 0.0754 e. The van der Waals surface area contributed by atoms with Crippen LogP contribution < -0.4 is 5.73 Å². The number of nitrogens with two attached hydrogens (primary N) is 1. The molecule has 17 heavy (non-hydrogen) atoms. The summed E-state index contributed by atoms with van der Waals surface area (Å²) in [6, 6.07) is 0.0503. The van der Waals surface area contributed by atoms with E-state index in [1.165, 1.54) is 38.5 Å². The van der Waals surface area contributed by atoms with Gasteiger partial charge in [-0.1, -0.05) is 45.4 Å². The highest BCUT2D eigenvalue weighted by molar-refractivity contribution is 5.04. The summed E-state index contributed by atoms with van der Waals surface area (Å²) in [7, 11) is 0. The van der Waals surface area contributed by atoms with Crippen LogP contribution in [-0.2, 0) is 0 Å². The third-order valence-electron chi connectivity index (χ3n) is 3.05. The van der Waals surface area contributed by atoms with Crippen LogP contribution in [0.2, 0.25) is 0 Å². The molecule has 1 unspecified atom stereocenters. The maximum Gasteiger partial charge on any atom is 0.0754 e. The van der Waals surface area contributed by atoms with Crippen molar-refractivity contribution in [1.82, 2.24) is 9.97 Å². The van der Waals surface area contributed by atoms with E-state index < -0.39 is 0 Å². The summed E-state index contributed by atoms with van der Waals surface area (Å²) in [6.45, 7) is 4.18. The van der Waals surface area contributed by atoms with Crippen LogP contribution in [0.25, 0.3) is 0 Å². The monoisotopic (exact) mass is 235 g/mol. The van der Waals surface area contributed by atoms with Gasteiger partial charge >= 0.3 is 0 Å². The Balaban J connectivity index is 2.16. The summed E-state index contributed by atoms with van der Waals surface area (Å²) in [4.78, 5) is 8.55. The van der Waals surface area contributed by atoms with Gasteiger partial charge < -0.3 is 5.73 Å². The van der Waals surface area contributed by atoms with Crippen molar-refractivity contribution in [2.45, 2.75) is 64.8 Å².